The molecule has 0 saturated heterocycles. The lowest BCUT2D eigenvalue weighted by Gasteiger charge is -2.11. The molecular formula is C23H19F3N4OS. The third kappa shape index (κ3) is 5.05. The van der Waals surface area contributed by atoms with Gasteiger partial charge in [0.1, 0.15) is 10.8 Å². The average molecular weight is 456 g/mol. The molecule has 0 saturated carbocycles. The van der Waals surface area contributed by atoms with Crippen LogP contribution in [0.3, 0.4) is 0 Å². The summed E-state index contributed by atoms with van der Waals surface area (Å²) in [6.07, 6.45) is -2.59. The maximum Gasteiger partial charge on any atom is 0.416 e. The van der Waals surface area contributed by atoms with Crippen molar-refractivity contribution in [1.82, 2.24) is 20.3 Å². The number of hydrogen-bond donors (Lipinski definition) is 2. The van der Waals surface area contributed by atoms with Crippen LogP contribution in [0.2, 0.25) is 0 Å². The van der Waals surface area contributed by atoms with Crippen LogP contribution in [-0.4, -0.2) is 20.9 Å². The first-order valence-electron chi connectivity index (χ1n) is 9.81. The van der Waals surface area contributed by atoms with Gasteiger partial charge in [0.05, 0.1) is 35.6 Å². The van der Waals surface area contributed by atoms with Crippen molar-refractivity contribution in [1.29, 1.82) is 0 Å². The molecule has 2 N–H and O–H groups in total. The van der Waals surface area contributed by atoms with Crippen LogP contribution in [0.25, 0.3) is 21.8 Å². The molecule has 0 spiro atoms. The highest BCUT2D eigenvalue weighted by atomic mass is 32.1. The molecule has 4 aromatic rings. The van der Waals surface area contributed by atoms with Gasteiger partial charge in [-0.15, -0.1) is 11.3 Å². The SMILES string of the molecule is CC(NC(=O)Cc1csc(-c2ccc(C(F)(F)F)cc2)n1)c1ncc(-c2ccccc2)[nH]1. The lowest BCUT2D eigenvalue weighted by atomic mass is 10.1. The highest BCUT2D eigenvalue weighted by Gasteiger charge is 2.30. The summed E-state index contributed by atoms with van der Waals surface area (Å²) in [5, 5.41) is 5.19. The average Bonchev–Trinajstić information content (AvgIpc) is 3.44. The van der Waals surface area contributed by atoms with Gasteiger partial charge in [-0.25, -0.2) is 9.97 Å². The molecule has 0 bridgehead atoms. The molecule has 2 heterocycles. The van der Waals surface area contributed by atoms with E-state index in [-0.39, 0.29) is 18.4 Å². The number of thiazole rings is 1. The fraction of sp³-hybridized carbons (Fsp3) is 0.174. The zero-order valence-corrected chi connectivity index (χ0v) is 17.8. The van der Waals surface area contributed by atoms with E-state index >= 15 is 0 Å². The van der Waals surface area contributed by atoms with Crippen molar-refractivity contribution >= 4 is 17.2 Å². The lowest BCUT2D eigenvalue weighted by Crippen LogP contribution is -2.28. The van der Waals surface area contributed by atoms with Gasteiger partial charge >= 0.3 is 6.18 Å². The van der Waals surface area contributed by atoms with E-state index in [9.17, 15) is 18.0 Å². The molecule has 32 heavy (non-hydrogen) atoms. The Morgan fingerprint density at radius 2 is 1.81 bits per heavy atom. The number of nitrogens with zero attached hydrogens (tertiary/aromatic N) is 2. The number of nitrogens with one attached hydrogen (secondary N) is 2. The van der Waals surface area contributed by atoms with Crippen LogP contribution in [0.4, 0.5) is 13.2 Å². The largest absolute Gasteiger partial charge is 0.416 e. The minimum Gasteiger partial charge on any atom is -0.346 e. The first-order valence-corrected chi connectivity index (χ1v) is 10.7. The molecule has 0 aliphatic rings. The second-order valence-corrected chi connectivity index (χ2v) is 8.09. The summed E-state index contributed by atoms with van der Waals surface area (Å²) in [5.41, 5.74) is 2.29. The number of carbonyl (C=O) groups is 1. The summed E-state index contributed by atoms with van der Waals surface area (Å²) in [6.45, 7) is 1.83. The van der Waals surface area contributed by atoms with Gasteiger partial charge in [0.2, 0.25) is 5.91 Å². The van der Waals surface area contributed by atoms with Gasteiger partial charge in [-0.2, -0.15) is 13.2 Å². The maximum absolute atomic E-state index is 12.7. The van der Waals surface area contributed by atoms with Crippen LogP contribution >= 0.6 is 11.3 Å². The van der Waals surface area contributed by atoms with E-state index in [1.807, 2.05) is 37.3 Å². The van der Waals surface area contributed by atoms with Gasteiger partial charge in [0.25, 0.3) is 0 Å². The molecule has 2 aromatic carbocycles. The Kier molecular flexibility index (Phi) is 6.09. The summed E-state index contributed by atoms with van der Waals surface area (Å²) in [6, 6.07) is 14.2. The van der Waals surface area contributed by atoms with E-state index < -0.39 is 11.7 Å². The molecule has 4 rings (SSSR count). The second kappa shape index (κ2) is 8.96. The Morgan fingerprint density at radius 3 is 2.50 bits per heavy atom. The fourth-order valence-electron chi connectivity index (χ4n) is 3.17. The van der Waals surface area contributed by atoms with Gasteiger partial charge in [-0.3, -0.25) is 4.79 Å². The van der Waals surface area contributed by atoms with Gasteiger partial charge in [0.15, 0.2) is 0 Å². The van der Waals surface area contributed by atoms with Gasteiger partial charge in [-0.1, -0.05) is 42.5 Å². The van der Waals surface area contributed by atoms with Crippen molar-refractivity contribution in [3.8, 4) is 21.8 Å². The van der Waals surface area contributed by atoms with Crippen LogP contribution in [-0.2, 0) is 17.4 Å². The highest BCUT2D eigenvalue weighted by molar-refractivity contribution is 7.13. The minimum atomic E-state index is -4.38. The lowest BCUT2D eigenvalue weighted by molar-refractivity contribution is -0.137. The highest BCUT2D eigenvalue weighted by Crippen LogP contribution is 2.31. The Hall–Kier alpha value is -3.46. The van der Waals surface area contributed by atoms with Crippen molar-refractivity contribution in [2.75, 3.05) is 0 Å². The Bertz CT molecular complexity index is 1200. The summed E-state index contributed by atoms with van der Waals surface area (Å²) in [4.78, 5) is 24.4. The number of amides is 1. The zero-order valence-electron chi connectivity index (χ0n) is 17.0. The summed E-state index contributed by atoms with van der Waals surface area (Å²) in [7, 11) is 0. The fourth-order valence-corrected chi connectivity index (χ4v) is 3.99. The monoisotopic (exact) mass is 456 g/mol. The topological polar surface area (TPSA) is 70.7 Å². The molecule has 164 valence electrons. The van der Waals surface area contributed by atoms with Crippen LogP contribution in [0.15, 0.2) is 66.2 Å². The van der Waals surface area contributed by atoms with Crippen molar-refractivity contribution in [2.24, 2.45) is 0 Å². The number of alkyl halides is 3. The number of aromatic amines is 1. The molecule has 1 unspecified atom stereocenters. The Balaban J connectivity index is 1.37. The zero-order chi connectivity index (χ0) is 22.7. The normalized spacial score (nSPS) is 12.5. The third-order valence-corrected chi connectivity index (χ3v) is 5.76. The molecule has 0 aliphatic heterocycles. The van der Waals surface area contributed by atoms with Gasteiger partial charge in [-0.05, 0) is 24.6 Å². The summed E-state index contributed by atoms with van der Waals surface area (Å²) in [5.74, 6) is 0.417. The maximum atomic E-state index is 12.7. The van der Waals surface area contributed by atoms with Gasteiger partial charge in [0, 0.05) is 10.9 Å². The van der Waals surface area contributed by atoms with Crippen LogP contribution in [0, 0.1) is 0 Å². The predicted molar refractivity (Wildman–Crippen MR) is 117 cm³/mol. The smallest absolute Gasteiger partial charge is 0.346 e. The van der Waals surface area contributed by atoms with E-state index in [1.54, 1.807) is 11.6 Å². The van der Waals surface area contributed by atoms with E-state index in [4.69, 9.17) is 0 Å². The Labute approximate surface area is 186 Å². The number of imidazole rings is 1. The van der Waals surface area contributed by atoms with Crippen LogP contribution in [0.5, 0.6) is 0 Å². The first kappa shape index (κ1) is 21.8. The summed E-state index contributed by atoms with van der Waals surface area (Å²) >= 11 is 1.28. The van der Waals surface area contributed by atoms with E-state index in [0.29, 0.717) is 22.1 Å². The predicted octanol–water partition coefficient (Wildman–Crippen LogP) is 5.64. The van der Waals surface area contributed by atoms with Crippen molar-refractivity contribution in [2.45, 2.75) is 25.6 Å². The van der Waals surface area contributed by atoms with Crippen LogP contribution < -0.4 is 5.32 Å². The number of halogens is 3. The second-order valence-electron chi connectivity index (χ2n) is 7.23. The molecule has 1 atom stereocenters. The third-order valence-electron chi connectivity index (χ3n) is 4.82. The first-order chi connectivity index (χ1) is 15.3. The van der Waals surface area contributed by atoms with Crippen molar-refractivity contribution in [3.05, 3.63) is 83.3 Å². The number of aromatic nitrogens is 3. The van der Waals surface area contributed by atoms with Crippen molar-refractivity contribution < 1.29 is 18.0 Å². The standard InChI is InChI=1S/C23H19F3N4OS/c1-14(21-27-12-19(30-21)15-5-3-2-4-6-15)28-20(31)11-18-13-32-22(29-18)16-7-9-17(10-8-16)23(24,25)26/h2-10,12-14H,11H2,1H3,(H,27,30)(H,28,31). The molecule has 2 aromatic heterocycles. The number of H-pyrrole nitrogens is 1. The number of carbonyl (C=O) groups excluding carboxylic acids is 1. The van der Waals surface area contributed by atoms with Crippen molar-refractivity contribution in [3.63, 3.8) is 0 Å². The van der Waals surface area contributed by atoms with E-state index in [0.717, 1.165) is 23.4 Å². The molecule has 0 aliphatic carbocycles. The quantitative estimate of drug-likeness (QED) is 0.395. The van der Waals surface area contributed by atoms with Crippen LogP contribution in [0.1, 0.15) is 30.0 Å². The number of rotatable bonds is 6. The molecule has 1 amide bonds. The van der Waals surface area contributed by atoms with E-state index in [1.165, 1.54) is 23.5 Å². The molecule has 0 radical (unpaired) electrons. The Morgan fingerprint density at radius 1 is 1.09 bits per heavy atom. The molecule has 0 fully saturated rings. The number of benzene rings is 2. The van der Waals surface area contributed by atoms with E-state index in [2.05, 4.69) is 20.3 Å². The summed E-state index contributed by atoms with van der Waals surface area (Å²) < 4.78 is 38.2. The molecule has 5 nitrogen and oxygen atoms in total. The van der Waals surface area contributed by atoms with Gasteiger partial charge < -0.3 is 10.3 Å². The number of hydrogen-bond acceptors (Lipinski definition) is 4. The molecular weight excluding hydrogens is 437 g/mol. The molecule has 9 heteroatoms. The minimum absolute atomic E-state index is 0.0632.